The van der Waals surface area contributed by atoms with Gasteiger partial charge in [-0.25, -0.2) is 19.6 Å². The number of hydrogen-bond donors (Lipinski definition) is 2. The second-order valence-corrected chi connectivity index (χ2v) is 10.9. The van der Waals surface area contributed by atoms with Gasteiger partial charge in [-0.3, -0.25) is 4.79 Å². The van der Waals surface area contributed by atoms with Gasteiger partial charge in [-0.1, -0.05) is 60.7 Å². The Morgan fingerprint density at radius 2 is 1.63 bits per heavy atom. The maximum atomic E-state index is 12.9. The third kappa shape index (κ3) is 8.17. The van der Waals surface area contributed by atoms with Crippen LogP contribution in [0.4, 0.5) is 21.2 Å². The smallest absolute Gasteiger partial charge is 0.410 e. The molecule has 1 aliphatic heterocycles. The van der Waals surface area contributed by atoms with Crippen LogP contribution in [0.5, 0.6) is 0 Å². The van der Waals surface area contributed by atoms with Gasteiger partial charge in [-0.05, 0) is 31.9 Å². The van der Waals surface area contributed by atoms with Crippen LogP contribution in [0.2, 0.25) is 0 Å². The lowest BCUT2D eigenvalue weighted by Crippen LogP contribution is -2.46. The summed E-state index contributed by atoms with van der Waals surface area (Å²) in [5, 5.41) is 6.13. The van der Waals surface area contributed by atoms with E-state index in [-0.39, 0.29) is 25.3 Å². The quantitative estimate of drug-likeness (QED) is 0.369. The number of nitrogens with zero attached hydrogens (tertiary/aromatic N) is 4. The molecular formula is C30H36N6O5. The number of likely N-dealkylation sites (tertiary alicyclic amines) is 1. The molecule has 41 heavy (non-hydrogen) atoms. The number of carbonyl (C=O) groups excluding carboxylic acids is 3. The Labute approximate surface area is 239 Å². The van der Waals surface area contributed by atoms with Gasteiger partial charge in [0, 0.05) is 26.7 Å². The summed E-state index contributed by atoms with van der Waals surface area (Å²) in [6.45, 7) is 6.39. The molecule has 0 aliphatic carbocycles. The molecule has 2 amide bonds. The molecule has 2 atom stereocenters. The van der Waals surface area contributed by atoms with Crippen LogP contribution in [0.3, 0.4) is 0 Å². The van der Waals surface area contributed by atoms with Crippen LogP contribution in [-0.4, -0.2) is 71.2 Å². The highest BCUT2D eigenvalue weighted by Crippen LogP contribution is 2.25. The molecule has 1 aromatic heterocycles. The highest BCUT2D eigenvalue weighted by atomic mass is 16.6. The van der Waals surface area contributed by atoms with Crippen LogP contribution < -0.4 is 15.5 Å². The van der Waals surface area contributed by atoms with Crippen molar-refractivity contribution in [3.63, 3.8) is 0 Å². The molecule has 3 aromatic rings. The average molecular weight is 561 g/mol. The van der Waals surface area contributed by atoms with E-state index in [0.717, 1.165) is 11.1 Å². The first-order chi connectivity index (χ1) is 19.6. The van der Waals surface area contributed by atoms with E-state index in [4.69, 9.17) is 9.47 Å². The van der Waals surface area contributed by atoms with Crippen molar-refractivity contribution in [1.29, 1.82) is 0 Å². The van der Waals surface area contributed by atoms with Gasteiger partial charge in [0.1, 0.15) is 30.2 Å². The van der Waals surface area contributed by atoms with Crippen LogP contribution in [0.15, 0.2) is 67.0 Å². The molecule has 0 saturated carbocycles. The zero-order valence-corrected chi connectivity index (χ0v) is 23.7. The maximum Gasteiger partial charge on any atom is 0.410 e. The Bertz CT molecular complexity index is 1330. The number of amides is 2. The van der Waals surface area contributed by atoms with Crippen molar-refractivity contribution < 1.29 is 23.9 Å². The zero-order valence-electron chi connectivity index (χ0n) is 23.7. The number of rotatable bonds is 9. The Morgan fingerprint density at radius 3 is 2.27 bits per heavy atom. The Morgan fingerprint density at radius 1 is 1.00 bits per heavy atom. The summed E-state index contributed by atoms with van der Waals surface area (Å²) in [4.78, 5) is 49.9. The lowest BCUT2D eigenvalue weighted by Gasteiger charge is -2.24. The third-order valence-corrected chi connectivity index (χ3v) is 6.41. The van der Waals surface area contributed by atoms with Crippen LogP contribution in [-0.2, 0) is 22.6 Å². The minimum Gasteiger partial charge on any atom is -0.445 e. The van der Waals surface area contributed by atoms with Gasteiger partial charge in [0.2, 0.25) is 0 Å². The van der Waals surface area contributed by atoms with Crippen molar-refractivity contribution in [2.75, 3.05) is 30.4 Å². The summed E-state index contributed by atoms with van der Waals surface area (Å²) in [5.74, 6) is 0.750. The summed E-state index contributed by atoms with van der Waals surface area (Å²) in [7, 11) is 1.85. The summed E-state index contributed by atoms with van der Waals surface area (Å²) < 4.78 is 11.0. The van der Waals surface area contributed by atoms with E-state index >= 15 is 0 Å². The molecule has 2 aromatic carbocycles. The van der Waals surface area contributed by atoms with Crippen LogP contribution >= 0.6 is 0 Å². The molecule has 11 heteroatoms. The van der Waals surface area contributed by atoms with Crippen LogP contribution in [0.1, 0.15) is 42.3 Å². The first-order valence-corrected chi connectivity index (χ1v) is 13.4. The first-order valence-electron chi connectivity index (χ1n) is 13.4. The molecule has 11 nitrogen and oxygen atoms in total. The molecule has 0 unspecified atom stereocenters. The van der Waals surface area contributed by atoms with Gasteiger partial charge in [-0.15, -0.1) is 0 Å². The minimum absolute atomic E-state index is 0.103. The fourth-order valence-electron chi connectivity index (χ4n) is 4.51. The van der Waals surface area contributed by atoms with Crippen molar-refractivity contribution in [3.8, 4) is 0 Å². The largest absolute Gasteiger partial charge is 0.445 e. The summed E-state index contributed by atoms with van der Waals surface area (Å²) in [5.41, 5.74) is 1.49. The standard InChI is InChI=1S/C30H36N6O5/c1-30(2,3)41-29(39)36-16-24(25(17-36)34-28(38)40-19-22-13-9-6-10-14-22)33-26-23(18-37)27(32-20-31-26)35(4)15-21-11-7-5-8-12-21/h5-14,18,20,24-25H,15-17,19H2,1-4H3,(H,34,38)(H,31,32,33)/t24-,25-/m1/s1. The molecule has 1 saturated heterocycles. The monoisotopic (exact) mass is 560 g/mol. The zero-order chi connectivity index (χ0) is 29.4. The highest BCUT2D eigenvalue weighted by Gasteiger charge is 2.39. The second-order valence-electron chi connectivity index (χ2n) is 10.9. The molecule has 216 valence electrons. The molecule has 0 spiro atoms. The Balaban J connectivity index is 1.51. The molecule has 2 N–H and O–H groups in total. The number of ether oxygens (including phenoxy) is 2. The van der Waals surface area contributed by atoms with E-state index in [1.54, 1.807) is 20.8 Å². The fourth-order valence-corrected chi connectivity index (χ4v) is 4.51. The average Bonchev–Trinajstić information content (AvgIpc) is 3.34. The normalized spacial score (nSPS) is 16.5. The van der Waals surface area contributed by atoms with Crippen molar-refractivity contribution >= 4 is 30.1 Å². The topological polar surface area (TPSA) is 126 Å². The van der Waals surface area contributed by atoms with E-state index in [1.165, 1.54) is 11.2 Å². The van der Waals surface area contributed by atoms with E-state index in [1.807, 2.05) is 72.6 Å². The summed E-state index contributed by atoms with van der Waals surface area (Å²) >= 11 is 0. The van der Waals surface area contributed by atoms with Crippen LogP contribution in [0.25, 0.3) is 0 Å². The molecule has 4 rings (SSSR count). The number of aldehydes is 1. The van der Waals surface area contributed by atoms with Crippen LogP contribution in [0, 0.1) is 0 Å². The SMILES string of the molecule is CN(Cc1ccccc1)c1ncnc(N[C@@H]2CN(C(=O)OC(C)(C)C)C[C@H]2NC(=O)OCc2ccccc2)c1C=O. The predicted molar refractivity (Wildman–Crippen MR) is 155 cm³/mol. The van der Waals surface area contributed by atoms with E-state index in [9.17, 15) is 14.4 Å². The maximum absolute atomic E-state index is 12.9. The molecule has 2 heterocycles. The number of alkyl carbamates (subject to hydrolysis) is 1. The highest BCUT2D eigenvalue weighted by molar-refractivity contribution is 5.89. The van der Waals surface area contributed by atoms with Gasteiger partial charge in [-0.2, -0.15) is 0 Å². The minimum atomic E-state index is -0.685. The lowest BCUT2D eigenvalue weighted by atomic mass is 10.1. The van der Waals surface area contributed by atoms with E-state index in [0.29, 0.717) is 24.5 Å². The number of hydrogen-bond acceptors (Lipinski definition) is 9. The lowest BCUT2D eigenvalue weighted by molar-refractivity contribution is 0.0288. The number of nitrogens with one attached hydrogen (secondary N) is 2. The predicted octanol–water partition coefficient (Wildman–Crippen LogP) is 4.25. The molecule has 0 bridgehead atoms. The second kappa shape index (κ2) is 13.1. The summed E-state index contributed by atoms with van der Waals surface area (Å²) in [6.07, 6.45) is 0.950. The number of aromatic nitrogens is 2. The van der Waals surface area contributed by atoms with Crippen molar-refractivity contribution in [1.82, 2.24) is 20.2 Å². The van der Waals surface area contributed by atoms with Gasteiger partial charge < -0.3 is 29.9 Å². The Kier molecular flexibility index (Phi) is 9.38. The molecule has 1 aliphatic rings. The molecular weight excluding hydrogens is 524 g/mol. The number of carbonyl (C=O) groups is 3. The van der Waals surface area contributed by atoms with Crippen molar-refractivity contribution in [3.05, 3.63) is 83.7 Å². The third-order valence-electron chi connectivity index (χ3n) is 6.41. The van der Waals surface area contributed by atoms with Gasteiger partial charge in [0.05, 0.1) is 17.6 Å². The molecule has 1 fully saturated rings. The van der Waals surface area contributed by atoms with Gasteiger partial charge in [0.25, 0.3) is 0 Å². The van der Waals surface area contributed by atoms with E-state index in [2.05, 4.69) is 20.6 Å². The Hall–Kier alpha value is -4.67. The first kappa shape index (κ1) is 29.3. The van der Waals surface area contributed by atoms with Crippen molar-refractivity contribution in [2.24, 2.45) is 0 Å². The van der Waals surface area contributed by atoms with Crippen molar-refractivity contribution in [2.45, 2.75) is 51.6 Å². The van der Waals surface area contributed by atoms with Gasteiger partial charge >= 0.3 is 12.2 Å². The number of benzene rings is 2. The van der Waals surface area contributed by atoms with Gasteiger partial charge in [0.15, 0.2) is 6.29 Å². The number of anilines is 2. The van der Waals surface area contributed by atoms with E-state index < -0.39 is 29.9 Å². The molecule has 0 radical (unpaired) electrons. The summed E-state index contributed by atoms with van der Waals surface area (Å²) in [6, 6.07) is 18.1. The fraction of sp³-hybridized carbons (Fsp3) is 0.367.